The number of nitrogens with one attached hydrogen (secondary N) is 2. The van der Waals surface area contributed by atoms with Gasteiger partial charge in [0.05, 0.1) is 18.5 Å². The van der Waals surface area contributed by atoms with Gasteiger partial charge in [-0.1, -0.05) is 6.07 Å². The Morgan fingerprint density at radius 1 is 1.29 bits per heavy atom. The number of amides is 1. The van der Waals surface area contributed by atoms with Gasteiger partial charge in [0.2, 0.25) is 5.91 Å². The molecule has 1 amide bonds. The van der Waals surface area contributed by atoms with Crippen LogP contribution >= 0.6 is 12.4 Å². The summed E-state index contributed by atoms with van der Waals surface area (Å²) >= 11 is 0. The summed E-state index contributed by atoms with van der Waals surface area (Å²) < 4.78 is 45.9. The maximum absolute atomic E-state index is 13.5. The molecule has 2 aromatic rings. The van der Waals surface area contributed by atoms with Crippen molar-refractivity contribution in [3.63, 3.8) is 0 Å². The predicted molar refractivity (Wildman–Crippen MR) is 98.9 cm³/mol. The smallest absolute Gasteiger partial charge is 0.434 e. The summed E-state index contributed by atoms with van der Waals surface area (Å²) in [7, 11) is 1.70. The first-order valence-corrected chi connectivity index (χ1v) is 8.15. The number of ether oxygens (including phenoxy) is 1. The number of carbonyl (C=O) groups excluding carboxylic acids is 2. The monoisotopic (exact) mass is 420 g/mol. The van der Waals surface area contributed by atoms with Crippen LogP contribution in [0.25, 0.3) is 5.69 Å². The van der Waals surface area contributed by atoms with Crippen LogP contribution in [0.1, 0.15) is 29.4 Å². The number of nitrogens with zero attached hydrogens (tertiary/aromatic N) is 2. The first kappa shape index (κ1) is 23.4. The highest BCUT2D eigenvalue weighted by Gasteiger charge is 2.41. The number of alkyl halides is 3. The van der Waals surface area contributed by atoms with E-state index in [1.54, 1.807) is 13.1 Å². The van der Waals surface area contributed by atoms with E-state index < -0.39 is 23.4 Å². The lowest BCUT2D eigenvalue weighted by molar-refractivity contribution is -0.143. The molecule has 7 nitrogen and oxygen atoms in total. The van der Waals surface area contributed by atoms with Gasteiger partial charge >= 0.3 is 12.1 Å². The van der Waals surface area contributed by atoms with Crippen molar-refractivity contribution >= 4 is 30.0 Å². The molecule has 28 heavy (non-hydrogen) atoms. The number of halogens is 4. The third kappa shape index (κ3) is 5.70. The minimum absolute atomic E-state index is 0. The number of aromatic nitrogens is 2. The van der Waals surface area contributed by atoms with Gasteiger partial charge in [0.1, 0.15) is 5.56 Å². The van der Waals surface area contributed by atoms with E-state index in [1.165, 1.54) is 25.1 Å². The molecule has 0 aliphatic carbocycles. The zero-order chi connectivity index (χ0) is 20.0. The second kappa shape index (κ2) is 10.1. The maximum Gasteiger partial charge on any atom is 0.434 e. The van der Waals surface area contributed by atoms with Gasteiger partial charge in [-0.05, 0) is 32.2 Å². The van der Waals surface area contributed by atoms with Gasteiger partial charge in [-0.25, -0.2) is 9.48 Å². The molecule has 154 valence electrons. The number of carbonyl (C=O) groups is 2. The number of esters is 1. The Labute approximate surface area is 165 Å². The van der Waals surface area contributed by atoms with E-state index in [2.05, 4.69) is 20.5 Å². The van der Waals surface area contributed by atoms with E-state index in [0.717, 1.165) is 6.20 Å². The minimum atomic E-state index is -4.83. The molecule has 0 aliphatic heterocycles. The van der Waals surface area contributed by atoms with Crippen molar-refractivity contribution in [2.75, 3.05) is 25.5 Å². The van der Waals surface area contributed by atoms with E-state index in [1.807, 2.05) is 0 Å². The van der Waals surface area contributed by atoms with Gasteiger partial charge in [0, 0.05) is 18.7 Å². The van der Waals surface area contributed by atoms with Gasteiger partial charge < -0.3 is 15.4 Å². The highest BCUT2D eigenvalue weighted by molar-refractivity contribution is 5.92. The fraction of sp³-hybridized carbons (Fsp3) is 0.353. The third-order valence-corrected chi connectivity index (χ3v) is 3.51. The Balaban J connectivity index is 0.00000392. The van der Waals surface area contributed by atoms with Crippen LogP contribution in [0.3, 0.4) is 0 Å². The van der Waals surface area contributed by atoms with Gasteiger partial charge in [-0.3, -0.25) is 4.79 Å². The number of anilines is 1. The minimum Gasteiger partial charge on any atom is -0.462 e. The normalized spacial score (nSPS) is 10.9. The van der Waals surface area contributed by atoms with E-state index >= 15 is 0 Å². The van der Waals surface area contributed by atoms with Crippen molar-refractivity contribution in [3.05, 3.63) is 41.7 Å². The summed E-state index contributed by atoms with van der Waals surface area (Å²) in [5.41, 5.74) is -1.55. The third-order valence-electron chi connectivity index (χ3n) is 3.51. The zero-order valence-corrected chi connectivity index (χ0v) is 16.0. The molecule has 0 aliphatic rings. The molecule has 11 heteroatoms. The number of hydrogen-bond acceptors (Lipinski definition) is 5. The number of benzene rings is 1. The summed E-state index contributed by atoms with van der Waals surface area (Å²) in [4.78, 5) is 23.6. The summed E-state index contributed by atoms with van der Waals surface area (Å²) in [6.45, 7) is 1.90. The van der Waals surface area contributed by atoms with Crippen molar-refractivity contribution in [2.24, 2.45) is 0 Å². The zero-order valence-electron chi connectivity index (χ0n) is 15.2. The van der Waals surface area contributed by atoms with Crippen LogP contribution in [0.4, 0.5) is 18.9 Å². The van der Waals surface area contributed by atoms with Gasteiger partial charge in [0.15, 0.2) is 5.69 Å². The molecule has 0 saturated carbocycles. The quantitative estimate of drug-likeness (QED) is 0.672. The topological polar surface area (TPSA) is 85.2 Å². The van der Waals surface area contributed by atoms with E-state index in [9.17, 15) is 22.8 Å². The van der Waals surface area contributed by atoms with Crippen LogP contribution in [0, 0.1) is 0 Å². The van der Waals surface area contributed by atoms with Crippen LogP contribution in [0.5, 0.6) is 0 Å². The lowest BCUT2D eigenvalue weighted by Crippen LogP contribution is -2.19. The number of rotatable bonds is 7. The molecule has 2 N–H and O–H groups in total. The SMILES string of the molecule is CCOC(=O)c1cnn(-c2cccc(NC(=O)CCNC)c2)c1C(F)(F)F.Cl. The second-order valence-corrected chi connectivity index (χ2v) is 5.49. The molecule has 0 bridgehead atoms. The Kier molecular flexibility index (Phi) is 8.45. The molecule has 0 saturated heterocycles. The van der Waals surface area contributed by atoms with E-state index in [4.69, 9.17) is 0 Å². The van der Waals surface area contributed by atoms with Crippen LogP contribution < -0.4 is 10.6 Å². The van der Waals surface area contributed by atoms with E-state index in [-0.39, 0.29) is 37.0 Å². The lowest BCUT2D eigenvalue weighted by atomic mass is 10.2. The van der Waals surface area contributed by atoms with Crippen molar-refractivity contribution < 1.29 is 27.5 Å². The fourth-order valence-electron chi connectivity index (χ4n) is 2.35. The largest absolute Gasteiger partial charge is 0.462 e. The highest BCUT2D eigenvalue weighted by Crippen LogP contribution is 2.34. The first-order valence-electron chi connectivity index (χ1n) is 8.15. The van der Waals surface area contributed by atoms with Gasteiger partial charge in [-0.15, -0.1) is 12.4 Å². The second-order valence-electron chi connectivity index (χ2n) is 5.49. The predicted octanol–water partition coefficient (Wildman–Crippen LogP) is 3.04. The molecular formula is C17H20ClF3N4O3. The first-order chi connectivity index (χ1) is 12.8. The highest BCUT2D eigenvalue weighted by atomic mass is 35.5. The Hall–Kier alpha value is -2.59. The number of hydrogen-bond donors (Lipinski definition) is 2. The molecule has 1 aromatic heterocycles. The fourth-order valence-corrected chi connectivity index (χ4v) is 2.35. The van der Waals surface area contributed by atoms with Crippen molar-refractivity contribution in [3.8, 4) is 5.69 Å². The van der Waals surface area contributed by atoms with Gasteiger partial charge in [0.25, 0.3) is 0 Å². The van der Waals surface area contributed by atoms with Crippen LogP contribution in [-0.4, -0.2) is 41.9 Å². The Bertz CT molecular complexity index is 824. The van der Waals surface area contributed by atoms with Crippen LogP contribution in [0.2, 0.25) is 0 Å². The average Bonchev–Trinajstić information content (AvgIpc) is 3.06. The maximum atomic E-state index is 13.5. The van der Waals surface area contributed by atoms with Crippen molar-refractivity contribution in [2.45, 2.75) is 19.5 Å². The Morgan fingerprint density at radius 2 is 2.00 bits per heavy atom. The summed E-state index contributed by atoms with van der Waals surface area (Å²) in [6, 6.07) is 5.76. The molecular weight excluding hydrogens is 401 g/mol. The van der Waals surface area contributed by atoms with E-state index in [0.29, 0.717) is 16.9 Å². The molecule has 2 rings (SSSR count). The molecule has 1 heterocycles. The molecule has 0 unspecified atom stereocenters. The summed E-state index contributed by atoms with van der Waals surface area (Å²) in [5.74, 6) is -1.39. The summed E-state index contributed by atoms with van der Waals surface area (Å²) in [6.07, 6.45) is -3.80. The molecule has 0 atom stereocenters. The van der Waals surface area contributed by atoms with Gasteiger partial charge in [-0.2, -0.15) is 18.3 Å². The molecule has 0 radical (unpaired) electrons. The van der Waals surface area contributed by atoms with Crippen molar-refractivity contribution in [1.29, 1.82) is 0 Å². The average molecular weight is 421 g/mol. The molecule has 1 aromatic carbocycles. The molecule has 0 fully saturated rings. The van der Waals surface area contributed by atoms with Crippen molar-refractivity contribution in [1.82, 2.24) is 15.1 Å². The van der Waals surface area contributed by atoms with Crippen LogP contribution in [-0.2, 0) is 15.7 Å². The van der Waals surface area contributed by atoms with Crippen LogP contribution in [0.15, 0.2) is 30.5 Å². The summed E-state index contributed by atoms with van der Waals surface area (Å²) in [5, 5.41) is 9.13. The lowest BCUT2D eigenvalue weighted by Gasteiger charge is -2.13. The standard InChI is InChI=1S/C17H19F3N4O3.ClH/c1-3-27-16(26)13-10-22-24(15(13)17(18,19)20)12-6-4-5-11(9-12)23-14(25)7-8-21-2;/h4-6,9-10,21H,3,7-8H2,1-2H3,(H,23,25);1H. The molecule has 0 spiro atoms. The Morgan fingerprint density at radius 3 is 2.61 bits per heavy atom.